The van der Waals surface area contributed by atoms with Crippen molar-refractivity contribution in [3.05, 3.63) is 18.5 Å². The van der Waals surface area contributed by atoms with Gasteiger partial charge in [-0.1, -0.05) is 0 Å². The number of anilines is 1. The lowest BCUT2D eigenvalue weighted by atomic mass is 10.0. The zero-order valence-corrected chi connectivity index (χ0v) is 11.0. The molecule has 2 aliphatic rings. The second kappa shape index (κ2) is 4.82. The Morgan fingerprint density at radius 2 is 2.11 bits per heavy atom. The molecule has 0 spiro atoms. The Kier molecular flexibility index (Phi) is 3.18. The Labute approximate surface area is 108 Å². The standard InChI is InChI=1S/C13H20N4O/c1-16(2)8-11-6-10-7-17(9-12(10)18-11)13-14-4-3-5-15-13/h3-5,10-12H,6-9H2,1-2H3/t10-,11-,12+/m0/s1. The SMILES string of the molecule is CN(C)C[C@@H]1C[C@H]2CN(c3ncccn3)C[C@H]2O1. The molecule has 5 nitrogen and oxygen atoms in total. The Balaban J connectivity index is 1.60. The molecule has 2 aliphatic heterocycles. The summed E-state index contributed by atoms with van der Waals surface area (Å²) in [5, 5.41) is 0. The minimum atomic E-state index is 0.360. The maximum absolute atomic E-state index is 6.11. The van der Waals surface area contributed by atoms with Gasteiger partial charge in [0.1, 0.15) is 0 Å². The van der Waals surface area contributed by atoms with Crippen molar-refractivity contribution in [3.63, 3.8) is 0 Å². The van der Waals surface area contributed by atoms with Crippen molar-refractivity contribution >= 4 is 5.95 Å². The predicted molar refractivity (Wildman–Crippen MR) is 69.6 cm³/mol. The van der Waals surface area contributed by atoms with E-state index in [1.165, 1.54) is 0 Å². The van der Waals surface area contributed by atoms with Gasteiger partial charge in [0.25, 0.3) is 0 Å². The quantitative estimate of drug-likeness (QED) is 0.785. The first-order chi connectivity index (χ1) is 8.72. The Hall–Kier alpha value is -1.20. The average Bonchev–Trinajstić information content (AvgIpc) is 2.87. The van der Waals surface area contributed by atoms with Crippen LogP contribution in [0.4, 0.5) is 5.95 Å². The molecule has 0 unspecified atom stereocenters. The summed E-state index contributed by atoms with van der Waals surface area (Å²) in [5.74, 6) is 1.47. The van der Waals surface area contributed by atoms with Gasteiger partial charge in [0.05, 0.1) is 12.2 Å². The minimum Gasteiger partial charge on any atom is -0.371 e. The number of hydrogen-bond donors (Lipinski definition) is 0. The topological polar surface area (TPSA) is 41.5 Å². The zero-order chi connectivity index (χ0) is 12.5. The van der Waals surface area contributed by atoms with Gasteiger partial charge < -0.3 is 14.5 Å². The van der Waals surface area contributed by atoms with Crippen LogP contribution in [0.3, 0.4) is 0 Å². The van der Waals surface area contributed by atoms with Crippen LogP contribution in [-0.4, -0.2) is 60.8 Å². The van der Waals surface area contributed by atoms with Crippen LogP contribution in [0.25, 0.3) is 0 Å². The lowest BCUT2D eigenvalue weighted by Crippen LogP contribution is -2.30. The fraction of sp³-hybridized carbons (Fsp3) is 0.692. The van der Waals surface area contributed by atoms with Crippen LogP contribution in [0, 0.1) is 5.92 Å². The second-order valence-corrected chi connectivity index (χ2v) is 5.51. The lowest BCUT2D eigenvalue weighted by Gasteiger charge is -2.20. The third-order valence-electron chi connectivity index (χ3n) is 3.72. The van der Waals surface area contributed by atoms with Gasteiger partial charge in [-0.2, -0.15) is 0 Å². The number of nitrogens with zero attached hydrogens (tertiary/aromatic N) is 4. The third kappa shape index (κ3) is 2.33. The van der Waals surface area contributed by atoms with Gasteiger partial charge in [-0.15, -0.1) is 0 Å². The van der Waals surface area contributed by atoms with E-state index in [-0.39, 0.29) is 0 Å². The van der Waals surface area contributed by atoms with Crippen molar-refractivity contribution in [1.29, 1.82) is 0 Å². The molecule has 1 aromatic heterocycles. The molecular formula is C13H20N4O. The van der Waals surface area contributed by atoms with Gasteiger partial charge in [-0.25, -0.2) is 9.97 Å². The summed E-state index contributed by atoms with van der Waals surface area (Å²) >= 11 is 0. The maximum atomic E-state index is 6.11. The molecule has 0 radical (unpaired) electrons. The lowest BCUT2D eigenvalue weighted by molar-refractivity contribution is 0.0353. The summed E-state index contributed by atoms with van der Waals surface area (Å²) in [6.07, 6.45) is 5.51. The third-order valence-corrected chi connectivity index (χ3v) is 3.72. The fourth-order valence-electron chi connectivity index (χ4n) is 3.01. The van der Waals surface area contributed by atoms with Gasteiger partial charge in [-0.05, 0) is 26.6 Å². The summed E-state index contributed by atoms with van der Waals surface area (Å²) in [6.45, 7) is 2.98. The summed E-state index contributed by atoms with van der Waals surface area (Å²) in [6, 6.07) is 1.85. The number of likely N-dealkylation sites (N-methyl/N-ethyl adjacent to an activating group) is 1. The minimum absolute atomic E-state index is 0.360. The molecule has 0 saturated carbocycles. The van der Waals surface area contributed by atoms with Crippen LogP contribution >= 0.6 is 0 Å². The highest BCUT2D eigenvalue weighted by Gasteiger charge is 2.42. The van der Waals surface area contributed by atoms with E-state index < -0.39 is 0 Å². The van der Waals surface area contributed by atoms with Gasteiger partial charge in [0.2, 0.25) is 5.95 Å². The van der Waals surface area contributed by atoms with E-state index in [1.54, 1.807) is 12.4 Å². The molecule has 18 heavy (non-hydrogen) atoms. The molecule has 98 valence electrons. The molecule has 0 bridgehead atoms. The fourth-order valence-corrected chi connectivity index (χ4v) is 3.01. The van der Waals surface area contributed by atoms with Crippen LogP contribution in [0.1, 0.15) is 6.42 Å². The predicted octanol–water partition coefficient (Wildman–Crippen LogP) is 0.632. The summed E-state index contributed by atoms with van der Waals surface area (Å²) in [7, 11) is 4.20. The van der Waals surface area contributed by atoms with Crippen LogP contribution in [0.5, 0.6) is 0 Å². The Bertz CT molecular complexity index is 383. The molecule has 3 heterocycles. The zero-order valence-electron chi connectivity index (χ0n) is 11.0. The maximum Gasteiger partial charge on any atom is 0.225 e. The molecule has 0 amide bonds. The second-order valence-electron chi connectivity index (χ2n) is 5.51. The molecule has 3 rings (SSSR count). The molecule has 2 saturated heterocycles. The highest BCUT2D eigenvalue weighted by Crippen LogP contribution is 2.34. The monoisotopic (exact) mass is 248 g/mol. The van der Waals surface area contributed by atoms with Gasteiger partial charge in [0.15, 0.2) is 0 Å². The summed E-state index contributed by atoms with van der Waals surface area (Å²) in [4.78, 5) is 13.0. The molecule has 5 heteroatoms. The van der Waals surface area contributed by atoms with Crippen molar-refractivity contribution in [2.75, 3.05) is 38.6 Å². The Morgan fingerprint density at radius 3 is 2.78 bits per heavy atom. The van der Waals surface area contributed by atoms with Crippen molar-refractivity contribution in [2.45, 2.75) is 18.6 Å². The number of hydrogen-bond acceptors (Lipinski definition) is 5. The summed E-state index contributed by atoms with van der Waals surface area (Å²) < 4.78 is 6.11. The molecule has 1 aromatic rings. The molecule has 0 aromatic carbocycles. The molecular weight excluding hydrogens is 228 g/mol. The largest absolute Gasteiger partial charge is 0.371 e. The van der Waals surface area contributed by atoms with Crippen LogP contribution in [-0.2, 0) is 4.74 Å². The van der Waals surface area contributed by atoms with Crippen molar-refractivity contribution in [3.8, 4) is 0 Å². The number of aromatic nitrogens is 2. The van der Waals surface area contributed by atoms with Crippen LogP contribution in [0.15, 0.2) is 18.5 Å². The molecule has 3 atom stereocenters. The Morgan fingerprint density at radius 1 is 1.33 bits per heavy atom. The molecule has 2 fully saturated rings. The number of rotatable bonds is 3. The van der Waals surface area contributed by atoms with E-state index in [1.807, 2.05) is 6.07 Å². The number of fused-ring (bicyclic) bond motifs is 1. The summed E-state index contributed by atoms with van der Waals surface area (Å²) in [5.41, 5.74) is 0. The van der Waals surface area contributed by atoms with E-state index in [0.29, 0.717) is 18.1 Å². The smallest absolute Gasteiger partial charge is 0.225 e. The normalized spacial score (nSPS) is 31.1. The first-order valence-electron chi connectivity index (χ1n) is 6.54. The average molecular weight is 248 g/mol. The van der Waals surface area contributed by atoms with E-state index in [0.717, 1.165) is 32.0 Å². The van der Waals surface area contributed by atoms with Crippen molar-refractivity contribution in [1.82, 2.24) is 14.9 Å². The van der Waals surface area contributed by atoms with E-state index >= 15 is 0 Å². The van der Waals surface area contributed by atoms with E-state index in [9.17, 15) is 0 Å². The first-order valence-corrected chi connectivity index (χ1v) is 6.54. The molecule has 0 aliphatic carbocycles. The molecule has 0 N–H and O–H groups in total. The first kappa shape index (κ1) is 11.9. The van der Waals surface area contributed by atoms with Crippen LogP contribution < -0.4 is 4.90 Å². The number of ether oxygens (including phenoxy) is 1. The van der Waals surface area contributed by atoms with Gasteiger partial charge in [0, 0.05) is 37.9 Å². The van der Waals surface area contributed by atoms with E-state index in [4.69, 9.17) is 4.74 Å². The van der Waals surface area contributed by atoms with Crippen molar-refractivity contribution in [2.24, 2.45) is 5.92 Å². The van der Waals surface area contributed by atoms with Gasteiger partial charge in [-0.3, -0.25) is 0 Å². The van der Waals surface area contributed by atoms with Gasteiger partial charge >= 0.3 is 0 Å². The highest BCUT2D eigenvalue weighted by atomic mass is 16.5. The van der Waals surface area contributed by atoms with E-state index in [2.05, 4.69) is 33.9 Å². The van der Waals surface area contributed by atoms with Crippen molar-refractivity contribution < 1.29 is 4.74 Å². The highest BCUT2D eigenvalue weighted by molar-refractivity contribution is 5.32. The van der Waals surface area contributed by atoms with Crippen LogP contribution in [0.2, 0.25) is 0 Å².